The van der Waals surface area contributed by atoms with Gasteiger partial charge >= 0.3 is 0 Å². The molecule has 1 aliphatic rings. The smallest absolute Gasteiger partial charge is 0.0146 e. The van der Waals surface area contributed by atoms with E-state index in [1.165, 1.54) is 39.1 Å². The van der Waals surface area contributed by atoms with Gasteiger partial charge in [-0.1, -0.05) is 20.8 Å². The average Bonchev–Trinajstić information content (AvgIpc) is 2.24. The highest BCUT2D eigenvalue weighted by molar-refractivity contribution is 4.83. The summed E-state index contributed by atoms with van der Waals surface area (Å²) >= 11 is 0. The van der Waals surface area contributed by atoms with E-state index >= 15 is 0 Å². The van der Waals surface area contributed by atoms with Crippen molar-refractivity contribution < 1.29 is 0 Å². The van der Waals surface area contributed by atoms with E-state index in [1.54, 1.807) is 0 Å². The molecule has 1 N–H and O–H groups in total. The van der Waals surface area contributed by atoms with Gasteiger partial charge in [-0.15, -0.1) is 0 Å². The van der Waals surface area contributed by atoms with Crippen molar-refractivity contribution in [2.75, 3.05) is 46.8 Å². The molecule has 2 unspecified atom stereocenters. The van der Waals surface area contributed by atoms with Crippen molar-refractivity contribution in [3.63, 3.8) is 0 Å². The van der Waals surface area contributed by atoms with E-state index in [0.29, 0.717) is 0 Å². The molecule has 2 atom stereocenters. The molecule has 0 aromatic rings. The second-order valence-electron chi connectivity index (χ2n) is 6.23. The Labute approximate surface area is 108 Å². The van der Waals surface area contributed by atoms with Crippen LogP contribution in [0, 0.1) is 11.8 Å². The van der Waals surface area contributed by atoms with E-state index in [2.05, 4.69) is 50.0 Å². The fraction of sp³-hybridized carbons (Fsp3) is 1.00. The first-order valence-electron chi connectivity index (χ1n) is 7.10. The predicted octanol–water partition coefficient (Wildman–Crippen LogP) is 1.50. The third-order valence-corrected chi connectivity index (χ3v) is 3.64. The van der Waals surface area contributed by atoms with Crippen LogP contribution in [0.1, 0.15) is 27.2 Å². The van der Waals surface area contributed by atoms with Crippen molar-refractivity contribution in [2.45, 2.75) is 33.2 Å². The second kappa shape index (κ2) is 7.34. The van der Waals surface area contributed by atoms with Crippen LogP contribution in [0.25, 0.3) is 0 Å². The van der Waals surface area contributed by atoms with Gasteiger partial charge in [0.25, 0.3) is 0 Å². The third-order valence-electron chi connectivity index (χ3n) is 3.64. The summed E-state index contributed by atoms with van der Waals surface area (Å²) in [6.45, 7) is 13.0. The molecule has 1 heterocycles. The number of nitrogens with one attached hydrogen (secondary N) is 1. The zero-order valence-corrected chi connectivity index (χ0v) is 12.4. The molecule has 1 fully saturated rings. The van der Waals surface area contributed by atoms with Crippen LogP contribution in [0.2, 0.25) is 0 Å². The molecule has 0 aromatic carbocycles. The average molecular weight is 241 g/mol. The molecule has 3 nitrogen and oxygen atoms in total. The second-order valence-corrected chi connectivity index (χ2v) is 6.23. The first kappa shape index (κ1) is 14.9. The van der Waals surface area contributed by atoms with Crippen LogP contribution in [0.4, 0.5) is 0 Å². The topological polar surface area (TPSA) is 18.5 Å². The Morgan fingerprint density at radius 2 is 1.94 bits per heavy atom. The molecular weight excluding hydrogens is 210 g/mol. The normalized spacial score (nSPS) is 26.1. The van der Waals surface area contributed by atoms with E-state index in [0.717, 1.165) is 17.9 Å². The van der Waals surface area contributed by atoms with Gasteiger partial charge in [-0.3, -0.25) is 4.90 Å². The van der Waals surface area contributed by atoms with E-state index in [4.69, 9.17) is 0 Å². The number of piperidine rings is 1. The lowest BCUT2D eigenvalue weighted by atomic mass is 9.93. The Hall–Kier alpha value is -0.120. The van der Waals surface area contributed by atoms with Gasteiger partial charge in [0, 0.05) is 25.7 Å². The number of hydrogen-bond donors (Lipinski definition) is 1. The van der Waals surface area contributed by atoms with Crippen molar-refractivity contribution in [3.8, 4) is 0 Å². The molecule has 0 spiro atoms. The van der Waals surface area contributed by atoms with Gasteiger partial charge in [-0.2, -0.15) is 0 Å². The Bertz CT molecular complexity index is 204. The summed E-state index contributed by atoms with van der Waals surface area (Å²) in [5, 5.41) is 3.50. The molecule has 1 saturated heterocycles. The standard InChI is InChI=1S/C14H31N3/c1-12(2)11-17(9-8-16(4)5)14-6-7-15-10-13(14)3/h12-15H,6-11H2,1-5H3. The summed E-state index contributed by atoms with van der Waals surface area (Å²) in [7, 11) is 4.33. The molecule has 0 amide bonds. The maximum absolute atomic E-state index is 3.50. The van der Waals surface area contributed by atoms with Gasteiger partial charge in [0.1, 0.15) is 0 Å². The van der Waals surface area contributed by atoms with Crippen molar-refractivity contribution in [1.29, 1.82) is 0 Å². The lowest BCUT2D eigenvalue weighted by Crippen LogP contribution is -2.51. The minimum absolute atomic E-state index is 0.763. The monoisotopic (exact) mass is 241 g/mol. The lowest BCUT2D eigenvalue weighted by Gasteiger charge is -2.40. The zero-order valence-electron chi connectivity index (χ0n) is 12.4. The fourth-order valence-corrected chi connectivity index (χ4v) is 2.73. The largest absolute Gasteiger partial charge is 0.316 e. The van der Waals surface area contributed by atoms with Crippen LogP contribution in [0.15, 0.2) is 0 Å². The van der Waals surface area contributed by atoms with Crippen molar-refractivity contribution >= 4 is 0 Å². The zero-order chi connectivity index (χ0) is 12.8. The molecule has 0 aromatic heterocycles. The van der Waals surface area contributed by atoms with Gasteiger partial charge in [-0.05, 0) is 45.4 Å². The Morgan fingerprint density at radius 3 is 2.47 bits per heavy atom. The molecule has 0 radical (unpaired) electrons. The number of hydrogen-bond acceptors (Lipinski definition) is 3. The highest BCUT2D eigenvalue weighted by Crippen LogP contribution is 2.18. The van der Waals surface area contributed by atoms with Crippen LogP contribution in [-0.4, -0.2) is 62.7 Å². The lowest BCUT2D eigenvalue weighted by molar-refractivity contribution is 0.0990. The first-order chi connectivity index (χ1) is 8.00. The quantitative estimate of drug-likeness (QED) is 0.760. The highest BCUT2D eigenvalue weighted by Gasteiger charge is 2.27. The molecule has 17 heavy (non-hydrogen) atoms. The predicted molar refractivity (Wildman–Crippen MR) is 75.4 cm³/mol. The molecule has 1 rings (SSSR count). The van der Waals surface area contributed by atoms with Crippen molar-refractivity contribution in [2.24, 2.45) is 11.8 Å². The highest BCUT2D eigenvalue weighted by atomic mass is 15.2. The van der Waals surface area contributed by atoms with Crippen molar-refractivity contribution in [3.05, 3.63) is 0 Å². The van der Waals surface area contributed by atoms with E-state index in [-0.39, 0.29) is 0 Å². The number of rotatable bonds is 6. The molecule has 0 saturated carbocycles. The van der Waals surface area contributed by atoms with Gasteiger partial charge in [0.15, 0.2) is 0 Å². The molecule has 102 valence electrons. The van der Waals surface area contributed by atoms with Crippen LogP contribution in [0.3, 0.4) is 0 Å². The Morgan fingerprint density at radius 1 is 1.24 bits per heavy atom. The molecule has 0 aliphatic carbocycles. The minimum Gasteiger partial charge on any atom is -0.316 e. The summed E-state index contributed by atoms with van der Waals surface area (Å²) in [6, 6.07) is 0.776. The first-order valence-corrected chi connectivity index (χ1v) is 7.10. The molecule has 1 aliphatic heterocycles. The maximum atomic E-state index is 3.50. The SMILES string of the molecule is CC(C)CN(CCN(C)C)C1CCNCC1C. The molecule has 0 bridgehead atoms. The maximum Gasteiger partial charge on any atom is 0.0146 e. The van der Waals surface area contributed by atoms with Crippen LogP contribution >= 0.6 is 0 Å². The van der Waals surface area contributed by atoms with Gasteiger partial charge < -0.3 is 10.2 Å². The summed E-state index contributed by atoms with van der Waals surface area (Å²) in [4.78, 5) is 5.01. The van der Waals surface area contributed by atoms with Gasteiger partial charge in [0.2, 0.25) is 0 Å². The van der Waals surface area contributed by atoms with E-state index < -0.39 is 0 Å². The van der Waals surface area contributed by atoms with Gasteiger partial charge in [0.05, 0.1) is 0 Å². The number of likely N-dealkylation sites (N-methyl/N-ethyl adjacent to an activating group) is 1. The van der Waals surface area contributed by atoms with Gasteiger partial charge in [-0.25, -0.2) is 0 Å². The number of nitrogens with zero attached hydrogens (tertiary/aromatic N) is 2. The van der Waals surface area contributed by atoms with Crippen LogP contribution < -0.4 is 5.32 Å². The summed E-state index contributed by atoms with van der Waals surface area (Å²) in [5.74, 6) is 1.55. The fourth-order valence-electron chi connectivity index (χ4n) is 2.73. The van der Waals surface area contributed by atoms with E-state index in [1.807, 2.05) is 0 Å². The van der Waals surface area contributed by atoms with E-state index in [9.17, 15) is 0 Å². The Kier molecular flexibility index (Phi) is 6.45. The van der Waals surface area contributed by atoms with Crippen LogP contribution in [0.5, 0.6) is 0 Å². The Balaban J connectivity index is 2.53. The molecule has 3 heteroatoms. The van der Waals surface area contributed by atoms with Crippen LogP contribution in [-0.2, 0) is 0 Å². The molecular formula is C14H31N3. The van der Waals surface area contributed by atoms with Crippen molar-refractivity contribution in [1.82, 2.24) is 15.1 Å². The minimum atomic E-state index is 0.763. The summed E-state index contributed by atoms with van der Waals surface area (Å²) in [5.41, 5.74) is 0. The summed E-state index contributed by atoms with van der Waals surface area (Å²) in [6.07, 6.45) is 1.31. The third kappa shape index (κ3) is 5.36. The summed E-state index contributed by atoms with van der Waals surface area (Å²) < 4.78 is 0.